The summed E-state index contributed by atoms with van der Waals surface area (Å²) in [5, 5.41) is 0. The van der Waals surface area contributed by atoms with Gasteiger partial charge < -0.3 is 17.2 Å². The fourth-order valence-corrected chi connectivity index (χ4v) is 2.23. The number of anilines is 3. The Balaban J connectivity index is 2.19. The molecular formula is C14H27N5. The van der Waals surface area contributed by atoms with Crippen molar-refractivity contribution in [2.24, 2.45) is 0 Å². The molecule has 1 rings (SSSR count). The lowest BCUT2D eigenvalue weighted by Crippen LogP contribution is -2.08. The Bertz CT molecular complexity index is 355. The van der Waals surface area contributed by atoms with Gasteiger partial charge in [-0.1, -0.05) is 51.9 Å². The Morgan fingerprint density at radius 2 is 1.21 bits per heavy atom. The zero-order valence-corrected chi connectivity index (χ0v) is 12.0. The normalized spacial score (nSPS) is 10.8. The summed E-state index contributed by atoms with van der Waals surface area (Å²) in [6.07, 6.45) is 11.1. The van der Waals surface area contributed by atoms with Crippen LogP contribution in [0, 0.1) is 0 Å². The topological polar surface area (TPSA) is 104 Å². The predicted molar refractivity (Wildman–Crippen MR) is 81.6 cm³/mol. The number of nitrogens with zero attached hydrogens (tertiary/aromatic N) is 2. The molecule has 5 heteroatoms. The minimum Gasteiger partial charge on any atom is -0.383 e. The van der Waals surface area contributed by atoms with Crippen LogP contribution >= 0.6 is 0 Å². The summed E-state index contributed by atoms with van der Waals surface area (Å²) in [5.41, 5.74) is 17.9. The molecular weight excluding hydrogens is 238 g/mol. The Morgan fingerprint density at radius 3 is 1.74 bits per heavy atom. The van der Waals surface area contributed by atoms with Crippen LogP contribution < -0.4 is 17.2 Å². The van der Waals surface area contributed by atoms with Gasteiger partial charge in [0.15, 0.2) is 0 Å². The van der Waals surface area contributed by atoms with E-state index in [9.17, 15) is 0 Å². The number of nitrogen functional groups attached to an aromatic ring is 3. The molecule has 108 valence electrons. The molecule has 0 aliphatic rings. The van der Waals surface area contributed by atoms with Crippen LogP contribution in [0.4, 0.5) is 17.6 Å². The van der Waals surface area contributed by atoms with Gasteiger partial charge in [-0.15, -0.1) is 0 Å². The third-order valence-electron chi connectivity index (χ3n) is 3.37. The maximum atomic E-state index is 5.81. The van der Waals surface area contributed by atoms with Crippen molar-refractivity contribution in [3.63, 3.8) is 0 Å². The average molecular weight is 265 g/mol. The number of rotatable bonds is 9. The van der Waals surface area contributed by atoms with Crippen LogP contribution in [0.1, 0.15) is 63.9 Å². The number of hydrogen-bond acceptors (Lipinski definition) is 5. The number of aromatic nitrogens is 2. The first-order chi connectivity index (χ1) is 9.15. The zero-order valence-electron chi connectivity index (χ0n) is 12.0. The van der Waals surface area contributed by atoms with Crippen LogP contribution in [0.5, 0.6) is 0 Å². The van der Waals surface area contributed by atoms with Gasteiger partial charge in [0.25, 0.3) is 0 Å². The highest BCUT2D eigenvalue weighted by atomic mass is 15.1. The van der Waals surface area contributed by atoms with Gasteiger partial charge in [0, 0.05) is 5.56 Å². The molecule has 0 saturated carbocycles. The van der Waals surface area contributed by atoms with E-state index in [-0.39, 0.29) is 5.95 Å². The lowest BCUT2D eigenvalue weighted by molar-refractivity contribution is 0.575. The molecule has 1 aromatic rings. The standard InChI is InChI=1S/C14H27N5/c1-2-3-4-5-6-7-8-9-10-11-12(15)18-14(17)19-13(11)16/h2-10H2,1H3,(H6,15,16,17,18,19). The molecule has 0 bridgehead atoms. The SMILES string of the molecule is CCCCCCCCCCc1c(N)nc(N)nc1N. The van der Waals surface area contributed by atoms with Crippen molar-refractivity contribution in [3.8, 4) is 0 Å². The molecule has 1 heterocycles. The molecule has 1 aromatic heterocycles. The molecule has 0 spiro atoms. The van der Waals surface area contributed by atoms with Gasteiger partial charge in [-0.3, -0.25) is 0 Å². The van der Waals surface area contributed by atoms with E-state index in [0.29, 0.717) is 11.6 Å². The lowest BCUT2D eigenvalue weighted by Gasteiger charge is -2.08. The number of unbranched alkanes of at least 4 members (excludes halogenated alkanes) is 7. The predicted octanol–water partition coefficient (Wildman–Crippen LogP) is 2.91. The summed E-state index contributed by atoms with van der Waals surface area (Å²) in [6.45, 7) is 2.24. The van der Waals surface area contributed by atoms with E-state index in [1.54, 1.807) is 0 Å². The van der Waals surface area contributed by atoms with E-state index in [0.717, 1.165) is 18.4 Å². The molecule has 0 fully saturated rings. The van der Waals surface area contributed by atoms with Gasteiger partial charge in [-0.2, -0.15) is 9.97 Å². The quantitative estimate of drug-likeness (QED) is 0.595. The van der Waals surface area contributed by atoms with Crippen molar-refractivity contribution >= 4 is 17.6 Å². The van der Waals surface area contributed by atoms with Crippen molar-refractivity contribution in [3.05, 3.63) is 5.56 Å². The van der Waals surface area contributed by atoms with E-state index in [4.69, 9.17) is 17.2 Å². The Morgan fingerprint density at radius 1 is 0.737 bits per heavy atom. The van der Waals surface area contributed by atoms with Crippen LogP contribution in [0.25, 0.3) is 0 Å². The van der Waals surface area contributed by atoms with Crippen LogP contribution in [0.2, 0.25) is 0 Å². The van der Waals surface area contributed by atoms with E-state index < -0.39 is 0 Å². The molecule has 6 N–H and O–H groups in total. The molecule has 0 aliphatic carbocycles. The molecule has 0 aliphatic heterocycles. The minimum absolute atomic E-state index is 0.148. The van der Waals surface area contributed by atoms with Gasteiger partial charge in [0.1, 0.15) is 11.6 Å². The first-order valence-corrected chi connectivity index (χ1v) is 7.32. The fraction of sp³-hybridized carbons (Fsp3) is 0.714. The molecule has 0 saturated heterocycles. The minimum atomic E-state index is 0.148. The second-order valence-electron chi connectivity index (χ2n) is 5.06. The summed E-state index contributed by atoms with van der Waals surface area (Å²) < 4.78 is 0. The molecule has 19 heavy (non-hydrogen) atoms. The first-order valence-electron chi connectivity index (χ1n) is 7.32. The Kier molecular flexibility index (Phi) is 7.00. The molecule has 0 unspecified atom stereocenters. The van der Waals surface area contributed by atoms with E-state index in [1.165, 1.54) is 44.9 Å². The van der Waals surface area contributed by atoms with Crippen LogP contribution in [0.15, 0.2) is 0 Å². The summed E-state index contributed by atoms with van der Waals surface area (Å²) in [5.74, 6) is 0.996. The van der Waals surface area contributed by atoms with Crippen molar-refractivity contribution in [2.45, 2.75) is 64.7 Å². The summed E-state index contributed by atoms with van der Waals surface area (Å²) in [6, 6.07) is 0. The van der Waals surface area contributed by atoms with Gasteiger partial charge in [0.05, 0.1) is 0 Å². The third kappa shape index (κ3) is 5.77. The summed E-state index contributed by atoms with van der Waals surface area (Å²) in [4.78, 5) is 7.90. The first kappa shape index (κ1) is 15.5. The third-order valence-corrected chi connectivity index (χ3v) is 3.37. The zero-order chi connectivity index (χ0) is 14.1. The average Bonchev–Trinajstić information content (AvgIpc) is 2.35. The number of hydrogen-bond donors (Lipinski definition) is 3. The highest BCUT2D eigenvalue weighted by molar-refractivity contribution is 5.55. The van der Waals surface area contributed by atoms with Crippen molar-refractivity contribution in [1.82, 2.24) is 9.97 Å². The van der Waals surface area contributed by atoms with Crippen molar-refractivity contribution < 1.29 is 0 Å². The summed E-state index contributed by atoms with van der Waals surface area (Å²) in [7, 11) is 0. The van der Waals surface area contributed by atoms with Gasteiger partial charge >= 0.3 is 0 Å². The molecule has 0 radical (unpaired) electrons. The molecule has 0 atom stereocenters. The number of nitrogens with two attached hydrogens (primary N) is 3. The van der Waals surface area contributed by atoms with E-state index in [1.807, 2.05) is 0 Å². The lowest BCUT2D eigenvalue weighted by atomic mass is 10.0. The second-order valence-corrected chi connectivity index (χ2v) is 5.06. The second kappa shape index (κ2) is 8.56. The Labute approximate surface area is 116 Å². The van der Waals surface area contributed by atoms with E-state index >= 15 is 0 Å². The highest BCUT2D eigenvalue weighted by Crippen LogP contribution is 2.20. The Hall–Kier alpha value is -1.52. The van der Waals surface area contributed by atoms with E-state index in [2.05, 4.69) is 16.9 Å². The van der Waals surface area contributed by atoms with Gasteiger partial charge in [-0.05, 0) is 12.8 Å². The maximum absolute atomic E-state index is 5.81. The van der Waals surface area contributed by atoms with Crippen LogP contribution in [-0.4, -0.2) is 9.97 Å². The van der Waals surface area contributed by atoms with Gasteiger partial charge in [0.2, 0.25) is 5.95 Å². The fourth-order valence-electron chi connectivity index (χ4n) is 2.23. The van der Waals surface area contributed by atoms with Crippen molar-refractivity contribution in [1.29, 1.82) is 0 Å². The molecule has 0 aromatic carbocycles. The monoisotopic (exact) mass is 265 g/mol. The van der Waals surface area contributed by atoms with Crippen LogP contribution in [0.3, 0.4) is 0 Å². The van der Waals surface area contributed by atoms with Crippen molar-refractivity contribution in [2.75, 3.05) is 17.2 Å². The maximum Gasteiger partial charge on any atom is 0.223 e. The van der Waals surface area contributed by atoms with Crippen LogP contribution in [-0.2, 0) is 6.42 Å². The molecule has 0 amide bonds. The molecule has 5 nitrogen and oxygen atoms in total. The highest BCUT2D eigenvalue weighted by Gasteiger charge is 2.08. The largest absolute Gasteiger partial charge is 0.383 e. The van der Waals surface area contributed by atoms with Gasteiger partial charge in [-0.25, -0.2) is 0 Å². The summed E-state index contributed by atoms with van der Waals surface area (Å²) >= 11 is 0. The smallest absolute Gasteiger partial charge is 0.223 e.